The van der Waals surface area contributed by atoms with Crippen molar-refractivity contribution in [3.8, 4) is 11.5 Å². The molecule has 0 saturated heterocycles. The van der Waals surface area contributed by atoms with Crippen molar-refractivity contribution < 1.29 is 18.7 Å². The summed E-state index contributed by atoms with van der Waals surface area (Å²) in [5.41, 5.74) is 2.98. The van der Waals surface area contributed by atoms with Crippen molar-refractivity contribution in [1.82, 2.24) is 9.47 Å². The number of carbonyl (C=O) groups is 1. The van der Waals surface area contributed by atoms with E-state index in [1.807, 2.05) is 19.1 Å². The van der Waals surface area contributed by atoms with Crippen LogP contribution < -0.4 is 15.2 Å². The summed E-state index contributed by atoms with van der Waals surface area (Å²) < 4.78 is 17.3. The quantitative estimate of drug-likeness (QED) is 0.585. The van der Waals surface area contributed by atoms with Crippen LogP contribution in [0, 0.1) is 6.92 Å². The lowest BCUT2D eigenvalue weighted by atomic mass is 10.1. The Morgan fingerprint density at radius 3 is 2.55 bits per heavy atom. The minimum absolute atomic E-state index is 0.0885. The summed E-state index contributed by atoms with van der Waals surface area (Å²) in [6, 6.07) is 8.74. The summed E-state index contributed by atoms with van der Waals surface area (Å²) in [6.07, 6.45) is 0.167. The average Bonchev–Trinajstić information content (AvgIpc) is 3.00. The van der Waals surface area contributed by atoms with Gasteiger partial charge in [-0.15, -0.1) is 0 Å². The molecule has 154 valence electrons. The predicted molar refractivity (Wildman–Crippen MR) is 111 cm³/mol. The number of halogens is 1. The highest BCUT2D eigenvalue weighted by Gasteiger charge is 2.16. The Labute approximate surface area is 173 Å². The van der Waals surface area contributed by atoms with E-state index in [0.717, 1.165) is 11.1 Å². The molecule has 3 aromatic rings. The number of rotatable bonds is 7. The average molecular weight is 419 g/mol. The molecule has 0 bridgehead atoms. The zero-order chi connectivity index (χ0) is 21.1. The monoisotopic (exact) mass is 418 g/mol. The molecular formula is C21H23ClN2O5. The van der Waals surface area contributed by atoms with Crippen molar-refractivity contribution in [3.63, 3.8) is 0 Å². The number of fused-ring (bicyclic) bond motifs is 1. The van der Waals surface area contributed by atoms with Crippen LogP contribution in [0.15, 0.2) is 39.5 Å². The standard InChI is InChI=1S/C21H23ClN2O5/c1-13-9-18(27-3)19(28-4)10-14(13)12-23(2)20(25)7-8-24-16-6-5-15(22)11-17(16)29-21(24)26/h5-6,9-11H,7-8,12H2,1-4H3. The summed E-state index contributed by atoms with van der Waals surface area (Å²) in [7, 11) is 4.89. The largest absolute Gasteiger partial charge is 0.493 e. The summed E-state index contributed by atoms with van der Waals surface area (Å²) in [5, 5.41) is 0.486. The Hall–Kier alpha value is -2.93. The maximum atomic E-state index is 12.6. The van der Waals surface area contributed by atoms with Gasteiger partial charge in [0.1, 0.15) is 0 Å². The number of nitrogens with zero attached hydrogens (tertiary/aromatic N) is 2. The highest BCUT2D eigenvalue weighted by atomic mass is 35.5. The van der Waals surface area contributed by atoms with E-state index in [4.69, 9.17) is 25.5 Å². The second-order valence-corrected chi connectivity index (χ2v) is 7.20. The molecule has 0 radical (unpaired) electrons. The molecular weight excluding hydrogens is 396 g/mol. The molecule has 29 heavy (non-hydrogen) atoms. The van der Waals surface area contributed by atoms with E-state index in [9.17, 15) is 9.59 Å². The van der Waals surface area contributed by atoms with Gasteiger partial charge in [-0.1, -0.05) is 11.6 Å². The summed E-state index contributed by atoms with van der Waals surface area (Å²) >= 11 is 5.93. The van der Waals surface area contributed by atoms with E-state index in [-0.39, 0.29) is 18.9 Å². The first-order chi connectivity index (χ1) is 13.8. The Kier molecular flexibility index (Phi) is 6.17. The first-order valence-electron chi connectivity index (χ1n) is 9.08. The number of ether oxygens (including phenoxy) is 2. The number of oxazole rings is 1. The number of aryl methyl sites for hydroxylation is 2. The second-order valence-electron chi connectivity index (χ2n) is 6.77. The third-order valence-electron chi connectivity index (χ3n) is 4.85. The molecule has 0 unspecified atom stereocenters. The molecule has 0 aliphatic heterocycles. The van der Waals surface area contributed by atoms with Crippen LogP contribution in [-0.4, -0.2) is 36.6 Å². The molecule has 1 amide bonds. The molecule has 7 nitrogen and oxygen atoms in total. The SMILES string of the molecule is COc1cc(C)c(CN(C)C(=O)CCn2c(=O)oc3cc(Cl)ccc32)cc1OC. The van der Waals surface area contributed by atoms with Gasteiger partial charge in [0.25, 0.3) is 0 Å². The fraction of sp³-hybridized carbons (Fsp3) is 0.333. The molecule has 0 atom stereocenters. The Morgan fingerprint density at radius 2 is 1.86 bits per heavy atom. The van der Waals surface area contributed by atoms with Gasteiger partial charge in [0, 0.05) is 37.6 Å². The van der Waals surface area contributed by atoms with Crippen LogP contribution in [0.1, 0.15) is 17.5 Å². The Balaban J connectivity index is 1.71. The number of benzene rings is 2. The van der Waals surface area contributed by atoms with E-state index in [1.54, 1.807) is 44.4 Å². The highest BCUT2D eigenvalue weighted by Crippen LogP contribution is 2.30. The van der Waals surface area contributed by atoms with E-state index in [1.165, 1.54) is 4.57 Å². The maximum Gasteiger partial charge on any atom is 0.419 e. The van der Waals surface area contributed by atoms with Gasteiger partial charge < -0.3 is 18.8 Å². The smallest absolute Gasteiger partial charge is 0.419 e. The maximum absolute atomic E-state index is 12.6. The van der Waals surface area contributed by atoms with E-state index in [2.05, 4.69) is 0 Å². The van der Waals surface area contributed by atoms with Gasteiger partial charge in [-0.3, -0.25) is 9.36 Å². The van der Waals surface area contributed by atoms with Crippen molar-refractivity contribution in [2.24, 2.45) is 0 Å². The van der Waals surface area contributed by atoms with Gasteiger partial charge in [-0.05, 0) is 42.3 Å². The molecule has 0 aliphatic carbocycles. The zero-order valence-electron chi connectivity index (χ0n) is 16.8. The normalized spacial score (nSPS) is 10.9. The van der Waals surface area contributed by atoms with Crippen LogP contribution in [0.2, 0.25) is 5.02 Å². The molecule has 0 aliphatic rings. The summed E-state index contributed by atoms with van der Waals surface area (Å²) in [6.45, 7) is 2.60. The van der Waals surface area contributed by atoms with Crippen LogP contribution in [0.4, 0.5) is 0 Å². The fourth-order valence-electron chi connectivity index (χ4n) is 3.19. The van der Waals surface area contributed by atoms with E-state index >= 15 is 0 Å². The number of hydrogen-bond donors (Lipinski definition) is 0. The third kappa shape index (κ3) is 4.40. The van der Waals surface area contributed by atoms with Crippen molar-refractivity contribution in [2.75, 3.05) is 21.3 Å². The first-order valence-corrected chi connectivity index (χ1v) is 9.46. The zero-order valence-corrected chi connectivity index (χ0v) is 17.6. The van der Waals surface area contributed by atoms with Crippen molar-refractivity contribution in [1.29, 1.82) is 0 Å². The molecule has 0 spiro atoms. The molecule has 3 rings (SSSR count). The molecule has 0 fully saturated rings. The number of methoxy groups -OCH3 is 2. The van der Waals surface area contributed by atoms with E-state index < -0.39 is 5.76 Å². The molecule has 8 heteroatoms. The van der Waals surface area contributed by atoms with Crippen molar-refractivity contribution >= 4 is 28.6 Å². The number of amides is 1. The van der Waals surface area contributed by atoms with Crippen LogP contribution in [0.5, 0.6) is 11.5 Å². The molecule has 2 aromatic carbocycles. The van der Waals surface area contributed by atoms with Gasteiger partial charge in [0.15, 0.2) is 17.1 Å². The van der Waals surface area contributed by atoms with Gasteiger partial charge in [-0.25, -0.2) is 4.79 Å². The van der Waals surface area contributed by atoms with Gasteiger partial charge in [0.2, 0.25) is 5.91 Å². The molecule has 1 heterocycles. The minimum atomic E-state index is -0.506. The number of aromatic nitrogens is 1. The van der Waals surface area contributed by atoms with Crippen LogP contribution in [-0.2, 0) is 17.9 Å². The first kappa shape index (κ1) is 20.8. The predicted octanol–water partition coefficient (Wildman–Crippen LogP) is 3.62. The number of hydrogen-bond acceptors (Lipinski definition) is 5. The van der Waals surface area contributed by atoms with Gasteiger partial charge in [-0.2, -0.15) is 0 Å². The van der Waals surface area contributed by atoms with Gasteiger partial charge >= 0.3 is 5.76 Å². The summed E-state index contributed by atoms with van der Waals surface area (Å²) in [4.78, 5) is 26.4. The number of carbonyl (C=O) groups excluding carboxylic acids is 1. The Morgan fingerprint density at radius 1 is 1.17 bits per heavy atom. The van der Waals surface area contributed by atoms with Crippen molar-refractivity contribution in [3.05, 3.63) is 57.0 Å². The third-order valence-corrected chi connectivity index (χ3v) is 5.09. The molecule has 0 saturated carbocycles. The van der Waals surface area contributed by atoms with Crippen molar-refractivity contribution in [2.45, 2.75) is 26.4 Å². The topological polar surface area (TPSA) is 73.9 Å². The lowest BCUT2D eigenvalue weighted by Gasteiger charge is -2.20. The van der Waals surface area contributed by atoms with Crippen LogP contribution in [0.3, 0.4) is 0 Å². The highest BCUT2D eigenvalue weighted by molar-refractivity contribution is 6.31. The fourth-order valence-corrected chi connectivity index (χ4v) is 3.35. The lowest BCUT2D eigenvalue weighted by molar-refractivity contribution is -0.130. The second kappa shape index (κ2) is 8.61. The molecule has 1 aromatic heterocycles. The van der Waals surface area contributed by atoms with Gasteiger partial charge in [0.05, 0.1) is 19.7 Å². The van der Waals surface area contributed by atoms with Crippen LogP contribution >= 0.6 is 11.6 Å². The van der Waals surface area contributed by atoms with E-state index in [0.29, 0.717) is 34.2 Å². The lowest BCUT2D eigenvalue weighted by Crippen LogP contribution is -2.28. The van der Waals surface area contributed by atoms with Crippen LogP contribution in [0.25, 0.3) is 11.1 Å². The summed E-state index contributed by atoms with van der Waals surface area (Å²) in [5.74, 6) is 0.668. The minimum Gasteiger partial charge on any atom is -0.493 e. The molecule has 0 N–H and O–H groups in total. The Bertz CT molecular complexity index is 1100.